The fourth-order valence-corrected chi connectivity index (χ4v) is 3.51. The number of allylic oxidation sites excluding steroid dienone is 1. The van der Waals surface area contributed by atoms with E-state index in [1.165, 1.54) is 25.3 Å². The minimum Gasteiger partial charge on any atom is -0.496 e. The molecule has 2 aromatic carbocycles. The lowest BCUT2D eigenvalue weighted by molar-refractivity contribution is -0.142. The molecule has 3 N–H and O–H groups in total. The zero-order chi connectivity index (χ0) is 28.2. The van der Waals surface area contributed by atoms with Gasteiger partial charge in [-0.1, -0.05) is 17.7 Å². The largest absolute Gasteiger partial charge is 0.496 e. The summed E-state index contributed by atoms with van der Waals surface area (Å²) in [5.74, 6) is -3.66. The Labute approximate surface area is 216 Å². The van der Waals surface area contributed by atoms with Gasteiger partial charge in [0.05, 0.1) is 48.5 Å². The molecule has 0 bridgehead atoms. The Hall–Kier alpha value is -4.70. The number of methoxy groups -OCH3 is 1. The quantitative estimate of drug-likeness (QED) is 0.243. The fraction of sp³-hybridized carbons (Fsp3) is 0.125. The van der Waals surface area contributed by atoms with E-state index in [9.17, 15) is 27.2 Å². The number of benzene rings is 2. The summed E-state index contributed by atoms with van der Waals surface area (Å²) in [6, 6.07) is 8.82. The van der Waals surface area contributed by atoms with Gasteiger partial charge in [0.1, 0.15) is 17.3 Å². The van der Waals surface area contributed by atoms with Crippen molar-refractivity contribution in [3.8, 4) is 23.3 Å². The third-order valence-electron chi connectivity index (χ3n) is 4.87. The van der Waals surface area contributed by atoms with Crippen LogP contribution in [-0.4, -0.2) is 28.3 Å². The van der Waals surface area contributed by atoms with E-state index in [1.54, 1.807) is 6.07 Å². The van der Waals surface area contributed by atoms with Crippen molar-refractivity contribution in [2.24, 2.45) is 5.73 Å². The zero-order valence-electron chi connectivity index (χ0n) is 19.3. The monoisotopic (exact) mass is 549 g/mol. The molecule has 14 heteroatoms. The Morgan fingerprint density at radius 3 is 2.63 bits per heavy atom. The third-order valence-corrected chi connectivity index (χ3v) is 5.09. The lowest BCUT2D eigenvalue weighted by Crippen LogP contribution is -2.28. The number of nitriles is 1. The fourth-order valence-electron chi connectivity index (χ4n) is 3.29. The SMILES string of the molecule is COc1cccc(F)c1/C(=C/C(=N)Cn1cnc(C(F)(F)F)c(Oc2cc(Cl)cc(C#N)c2)c1=O)C(N)=O. The van der Waals surface area contributed by atoms with Gasteiger partial charge in [0.2, 0.25) is 11.7 Å². The molecule has 38 heavy (non-hydrogen) atoms. The van der Waals surface area contributed by atoms with Gasteiger partial charge in [0.15, 0.2) is 5.69 Å². The first kappa shape index (κ1) is 27.9. The number of nitrogens with one attached hydrogen (secondary N) is 1. The average molecular weight is 550 g/mol. The number of amides is 1. The highest BCUT2D eigenvalue weighted by molar-refractivity contribution is 6.30. The van der Waals surface area contributed by atoms with E-state index in [-0.39, 0.29) is 27.6 Å². The van der Waals surface area contributed by atoms with Crippen molar-refractivity contribution in [2.75, 3.05) is 7.11 Å². The lowest BCUT2D eigenvalue weighted by atomic mass is 10.0. The van der Waals surface area contributed by atoms with Crippen molar-refractivity contribution >= 4 is 28.8 Å². The molecule has 1 heterocycles. The molecule has 0 atom stereocenters. The van der Waals surface area contributed by atoms with Crippen LogP contribution in [0.25, 0.3) is 5.57 Å². The molecule has 0 aliphatic heterocycles. The maximum absolute atomic E-state index is 14.5. The molecule has 1 amide bonds. The second-order valence-corrected chi connectivity index (χ2v) is 7.94. The van der Waals surface area contributed by atoms with E-state index in [0.717, 1.165) is 24.3 Å². The smallest absolute Gasteiger partial charge is 0.437 e. The Kier molecular flexibility index (Phi) is 8.17. The molecular formula is C24H16ClF4N5O4. The van der Waals surface area contributed by atoms with Gasteiger partial charge in [0.25, 0.3) is 5.56 Å². The summed E-state index contributed by atoms with van der Waals surface area (Å²) in [4.78, 5) is 28.3. The van der Waals surface area contributed by atoms with Crippen LogP contribution in [0.3, 0.4) is 0 Å². The minimum absolute atomic E-state index is 0.0358. The molecule has 0 aliphatic rings. The molecule has 1 aromatic heterocycles. The molecule has 3 aromatic rings. The summed E-state index contributed by atoms with van der Waals surface area (Å²) in [6.45, 7) is -0.702. The molecule has 9 nitrogen and oxygen atoms in total. The summed E-state index contributed by atoms with van der Waals surface area (Å²) in [7, 11) is 1.22. The lowest BCUT2D eigenvalue weighted by Gasteiger charge is -2.15. The number of carbonyl (C=O) groups is 1. The second-order valence-electron chi connectivity index (χ2n) is 7.51. The number of alkyl halides is 3. The molecule has 0 radical (unpaired) electrons. The first-order valence-corrected chi connectivity index (χ1v) is 10.7. The van der Waals surface area contributed by atoms with Gasteiger partial charge in [0, 0.05) is 5.02 Å². The van der Waals surface area contributed by atoms with Crippen LogP contribution in [0, 0.1) is 22.6 Å². The molecule has 0 unspecified atom stereocenters. The molecule has 0 saturated heterocycles. The van der Waals surface area contributed by atoms with Crippen LogP contribution < -0.4 is 20.8 Å². The second kappa shape index (κ2) is 11.1. The average Bonchev–Trinajstić information content (AvgIpc) is 2.83. The van der Waals surface area contributed by atoms with Gasteiger partial charge in [-0.15, -0.1) is 0 Å². The highest BCUT2D eigenvalue weighted by atomic mass is 35.5. The maximum Gasteiger partial charge on any atom is 0.437 e. The van der Waals surface area contributed by atoms with Crippen molar-refractivity contribution < 1.29 is 31.8 Å². The number of ether oxygens (including phenoxy) is 2. The number of rotatable bonds is 8. The molecular weight excluding hydrogens is 534 g/mol. The van der Waals surface area contributed by atoms with Gasteiger partial charge in [-0.2, -0.15) is 18.4 Å². The zero-order valence-corrected chi connectivity index (χ0v) is 20.0. The number of halogens is 5. The molecule has 0 fully saturated rings. The van der Waals surface area contributed by atoms with Crippen molar-refractivity contribution in [3.63, 3.8) is 0 Å². The summed E-state index contributed by atoms with van der Waals surface area (Å²) in [6.07, 6.45) is -3.71. The van der Waals surface area contributed by atoms with E-state index in [2.05, 4.69) is 4.98 Å². The highest BCUT2D eigenvalue weighted by Gasteiger charge is 2.39. The van der Waals surface area contributed by atoms with E-state index in [0.29, 0.717) is 10.9 Å². The van der Waals surface area contributed by atoms with Gasteiger partial charge in [-0.05, 0) is 36.4 Å². The highest BCUT2D eigenvalue weighted by Crippen LogP contribution is 2.35. The Morgan fingerprint density at radius 2 is 2.03 bits per heavy atom. The van der Waals surface area contributed by atoms with Gasteiger partial charge >= 0.3 is 6.18 Å². The normalized spacial score (nSPS) is 11.6. The molecule has 0 spiro atoms. The van der Waals surface area contributed by atoms with E-state index in [1.807, 2.05) is 0 Å². The summed E-state index contributed by atoms with van der Waals surface area (Å²) >= 11 is 5.86. The Morgan fingerprint density at radius 1 is 1.32 bits per heavy atom. The van der Waals surface area contributed by atoms with Crippen LogP contribution in [0.4, 0.5) is 17.6 Å². The van der Waals surface area contributed by atoms with Crippen LogP contribution in [0.5, 0.6) is 17.2 Å². The van der Waals surface area contributed by atoms with Crippen LogP contribution >= 0.6 is 11.6 Å². The Balaban J connectivity index is 2.06. The van der Waals surface area contributed by atoms with Crippen molar-refractivity contribution in [1.82, 2.24) is 9.55 Å². The first-order chi connectivity index (χ1) is 17.8. The van der Waals surface area contributed by atoms with Crippen molar-refractivity contribution in [2.45, 2.75) is 12.7 Å². The third kappa shape index (κ3) is 6.16. The van der Waals surface area contributed by atoms with Crippen LogP contribution in [-0.2, 0) is 17.5 Å². The maximum atomic E-state index is 14.5. The Bertz CT molecular complexity index is 1560. The van der Waals surface area contributed by atoms with Crippen LogP contribution in [0.1, 0.15) is 16.8 Å². The molecule has 3 rings (SSSR count). The van der Waals surface area contributed by atoms with Crippen LogP contribution in [0.15, 0.2) is 53.6 Å². The number of hydrogen-bond donors (Lipinski definition) is 2. The minimum atomic E-state index is -5.10. The van der Waals surface area contributed by atoms with Crippen LogP contribution in [0.2, 0.25) is 5.02 Å². The summed E-state index contributed by atoms with van der Waals surface area (Å²) in [5, 5.41) is 17.2. The summed E-state index contributed by atoms with van der Waals surface area (Å²) in [5.41, 5.74) is 0.981. The summed E-state index contributed by atoms with van der Waals surface area (Å²) < 4.78 is 66.1. The number of nitrogens with zero attached hydrogens (tertiary/aromatic N) is 3. The van der Waals surface area contributed by atoms with Crippen molar-refractivity contribution in [3.05, 3.63) is 86.8 Å². The standard InChI is InChI=1S/C24H16ClF4N5O4/c1-37-18-4-2-3-17(26)19(18)16(22(32)35)8-14(31)10-34-11-33-21(24(27,28)29)20(23(34)36)38-15-6-12(9-30)5-13(25)7-15/h2-8,11,31H,10H2,1H3,(H2,32,35)/b16-8-,31-14?. The predicted octanol–water partition coefficient (Wildman–Crippen LogP) is 4.32. The number of carbonyl (C=O) groups excluding carboxylic acids is 1. The van der Waals surface area contributed by atoms with Gasteiger partial charge in [-0.25, -0.2) is 9.37 Å². The number of aromatic nitrogens is 2. The predicted molar refractivity (Wildman–Crippen MR) is 128 cm³/mol. The van der Waals surface area contributed by atoms with E-state index < -0.39 is 52.7 Å². The van der Waals surface area contributed by atoms with E-state index >= 15 is 0 Å². The molecule has 0 aliphatic carbocycles. The number of hydrogen-bond acceptors (Lipinski definition) is 7. The molecule has 196 valence electrons. The number of primary amides is 1. The van der Waals surface area contributed by atoms with Gasteiger partial charge < -0.3 is 20.6 Å². The molecule has 0 saturated carbocycles. The first-order valence-electron chi connectivity index (χ1n) is 10.3. The topological polar surface area (TPSA) is 144 Å². The van der Waals surface area contributed by atoms with E-state index in [4.69, 9.17) is 37.5 Å². The van der Waals surface area contributed by atoms with Crippen molar-refractivity contribution in [1.29, 1.82) is 10.7 Å². The van der Waals surface area contributed by atoms with Gasteiger partial charge in [-0.3, -0.25) is 14.2 Å². The number of nitrogens with two attached hydrogens (primary N) is 1.